The Morgan fingerprint density at radius 2 is 1.69 bits per heavy atom. The maximum Gasteiger partial charge on any atom is 0.321 e. The van der Waals surface area contributed by atoms with Gasteiger partial charge in [-0.25, -0.2) is 10.2 Å². The fourth-order valence-corrected chi connectivity index (χ4v) is 4.68. The number of urea groups is 1. The van der Waals surface area contributed by atoms with Crippen molar-refractivity contribution in [3.05, 3.63) is 109 Å². The number of nitrogens with two attached hydrogens (primary N) is 1. The van der Waals surface area contributed by atoms with E-state index in [2.05, 4.69) is 17.3 Å². The lowest BCUT2D eigenvalue weighted by atomic mass is 9.90. The number of hydrazine groups is 1. The second-order valence-corrected chi connectivity index (χ2v) is 8.60. The van der Waals surface area contributed by atoms with Crippen LogP contribution >= 0.6 is 0 Å². The number of carbonyl (C=O) groups excluding carboxylic acids is 2. The van der Waals surface area contributed by atoms with E-state index in [1.807, 2.05) is 90.1 Å². The van der Waals surface area contributed by atoms with Crippen molar-refractivity contribution < 1.29 is 14.3 Å². The molecule has 2 aliphatic heterocycles. The summed E-state index contributed by atoms with van der Waals surface area (Å²) in [5.41, 5.74) is 12.6. The molecular formula is C28H27N5O3. The van der Waals surface area contributed by atoms with Crippen molar-refractivity contribution in [3.63, 3.8) is 0 Å². The van der Waals surface area contributed by atoms with Crippen LogP contribution in [-0.4, -0.2) is 34.6 Å². The molecule has 1 saturated heterocycles. The highest BCUT2D eigenvalue weighted by Gasteiger charge is 2.43. The Bertz CT molecular complexity index is 1290. The van der Waals surface area contributed by atoms with Gasteiger partial charge in [0, 0.05) is 29.9 Å². The number of fused-ring (bicyclic) bond motifs is 1. The molecule has 3 aromatic carbocycles. The van der Waals surface area contributed by atoms with Crippen molar-refractivity contribution in [2.75, 3.05) is 11.9 Å². The van der Waals surface area contributed by atoms with Gasteiger partial charge < -0.3 is 15.8 Å². The molecule has 0 spiro atoms. The van der Waals surface area contributed by atoms with Crippen LogP contribution in [0, 0.1) is 0 Å². The lowest BCUT2D eigenvalue weighted by Gasteiger charge is -2.41. The van der Waals surface area contributed by atoms with Crippen molar-refractivity contribution >= 4 is 23.3 Å². The normalized spacial score (nSPS) is 18.7. The third-order valence-corrected chi connectivity index (χ3v) is 6.34. The van der Waals surface area contributed by atoms with Gasteiger partial charge >= 0.3 is 6.03 Å². The molecule has 0 saturated carbocycles. The molecule has 2 aliphatic rings. The average molecular weight is 482 g/mol. The molecule has 0 aliphatic carbocycles. The first kappa shape index (κ1) is 23.2. The average Bonchev–Trinajstić information content (AvgIpc) is 3.30. The number of ether oxygens (including phenoxy) is 1. The number of nitrogens with one attached hydrogen (secondary N) is 2. The SMILES string of the molecule is C=CC(=O)Nc1ccc(C2CCNN3C=C(c4ccc(Oc5ccccc5)cc4)N(C(N)=O)C23)cc1. The van der Waals surface area contributed by atoms with E-state index < -0.39 is 6.03 Å². The summed E-state index contributed by atoms with van der Waals surface area (Å²) >= 11 is 0. The van der Waals surface area contributed by atoms with Crippen LogP contribution < -0.4 is 21.2 Å². The molecule has 8 nitrogen and oxygen atoms in total. The summed E-state index contributed by atoms with van der Waals surface area (Å²) in [6.45, 7) is 4.22. The first-order valence-electron chi connectivity index (χ1n) is 11.7. The molecule has 0 radical (unpaired) electrons. The standard InChI is InChI=1S/C28H27N5O3/c1-2-26(34)31-21-12-8-19(9-13-21)24-16-17-30-32-18-25(33(27(24)32)28(29)35)20-10-14-23(15-11-20)36-22-6-4-3-5-7-22/h2-15,18,24,27,30H,1,16-17H2,(H2,29,35)(H,31,34). The van der Waals surface area contributed by atoms with Crippen LogP contribution in [0.25, 0.3) is 5.70 Å². The van der Waals surface area contributed by atoms with E-state index in [9.17, 15) is 9.59 Å². The van der Waals surface area contributed by atoms with Crippen molar-refractivity contribution in [1.82, 2.24) is 15.3 Å². The zero-order valence-corrected chi connectivity index (χ0v) is 19.6. The Hall–Kier alpha value is -4.56. The van der Waals surface area contributed by atoms with E-state index in [4.69, 9.17) is 10.5 Å². The molecule has 8 heteroatoms. The number of para-hydroxylation sites is 1. The van der Waals surface area contributed by atoms with E-state index >= 15 is 0 Å². The van der Waals surface area contributed by atoms with Crippen LogP contribution in [0.2, 0.25) is 0 Å². The van der Waals surface area contributed by atoms with Crippen LogP contribution in [0.3, 0.4) is 0 Å². The fraction of sp³-hybridized carbons (Fsp3) is 0.143. The minimum atomic E-state index is -0.526. The molecule has 2 atom stereocenters. The van der Waals surface area contributed by atoms with Crippen LogP contribution in [0.15, 0.2) is 97.7 Å². The monoisotopic (exact) mass is 481 g/mol. The molecule has 182 valence electrons. The first-order valence-corrected chi connectivity index (χ1v) is 11.7. The topological polar surface area (TPSA) is 99.9 Å². The molecule has 0 aromatic heterocycles. The summed E-state index contributed by atoms with van der Waals surface area (Å²) in [4.78, 5) is 25.9. The fourth-order valence-electron chi connectivity index (χ4n) is 4.68. The number of hydrogen-bond acceptors (Lipinski definition) is 5. The van der Waals surface area contributed by atoms with Crippen molar-refractivity contribution in [3.8, 4) is 11.5 Å². The Balaban J connectivity index is 1.38. The molecule has 5 rings (SSSR count). The van der Waals surface area contributed by atoms with E-state index in [0.29, 0.717) is 17.1 Å². The van der Waals surface area contributed by atoms with E-state index in [0.717, 1.165) is 29.8 Å². The van der Waals surface area contributed by atoms with Crippen LogP contribution in [0.5, 0.6) is 11.5 Å². The van der Waals surface area contributed by atoms with Crippen LogP contribution in [0.1, 0.15) is 23.5 Å². The van der Waals surface area contributed by atoms with Crippen molar-refractivity contribution in [1.29, 1.82) is 0 Å². The molecule has 3 amide bonds. The Morgan fingerprint density at radius 3 is 2.36 bits per heavy atom. The van der Waals surface area contributed by atoms with Gasteiger partial charge in [-0.3, -0.25) is 14.7 Å². The van der Waals surface area contributed by atoms with E-state index in [-0.39, 0.29) is 18.0 Å². The smallest absolute Gasteiger partial charge is 0.321 e. The summed E-state index contributed by atoms with van der Waals surface area (Å²) in [5.74, 6) is 1.20. The minimum absolute atomic E-state index is 0.0114. The van der Waals surface area contributed by atoms with Gasteiger partial charge in [-0.05, 0) is 66.6 Å². The lowest BCUT2D eigenvalue weighted by molar-refractivity contribution is -0.111. The number of nitrogens with zero attached hydrogens (tertiary/aromatic N) is 2. The second-order valence-electron chi connectivity index (χ2n) is 8.60. The zero-order valence-electron chi connectivity index (χ0n) is 19.6. The Labute approximate surface area is 209 Å². The summed E-state index contributed by atoms with van der Waals surface area (Å²) in [6, 6.07) is 24.3. The third kappa shape index (κ3) is 4.67. The van der Waals surface area contributed by atoms with Gasteiger partial charge in [0.2, 0.25) is 5.91 Å². The number of benzene rings is 3. The second kappa shape index (κ2) is 9.97. The molecule has 4 N–H and O–H groups in total. The number of amides is 3. The molecule has 1 fully saturated rings. The number of rotatable bonds is 6. The third-order valence-electron chi connectivity index (χ3n) is 6.34. The summed E-state index contributed by atoms with van der Waals surface area (Å²) < 4.78 is 5.90. The van der Waals surface area contributed by atoms with E-state index in [1.54, 1.807) is 4.90 Å². The van der Waals surface area contributed by atoms with Gasteiger partial charge in [-0.2, -0.15) is 0 Å². The van der Waals surface area contributed by atoms with Crippen LogP contribution in [-0.2, 0) is 4.79 Å². The van der Waals surface area contributed by atoms with Gasteiger partial charge in [0.1, 0.15) is 17.7 Å². The molecule has 3 aromatic rings. The van der Waals surface area contributed by atoms with Gasteiger partial charge in [0.05, 0.1) is 5.70 Å². The Morgan fingerprint density at radius 1 is 1.00 bits per heavy atom. The molecule has 0 bridgehead atoms. The van der Waals surface area contributed by atoms with Crippen molar-refractivity contribution in [2.24, 2.45) is 5.73 Å². The largest absolute Gasteiger partial charge is 0.457 e. The van der Waals surface area contributed by atoms with E-state index in [1.165, 1.54) is 6.08 Å². The van der Waals surface area contributed by atoms with Gasteiger partial charge in [-0.15, -0.1) is 0 Å². The van der Waals surface area contributed by atoms with Crippen LogP contribution in [0.4, 0.5) is 10.5 Å². The summed E-state index contributed by atoms with van der Waals surface area (Å²) in [6.07, 6.45) is 3.65. The number of carbonyl (C=O) groups is 2. The van der Waals surface area contributed by atoms with Gasteiger partial charge in [0.15, 0.2) is 0 Å². The highest BCUT2D eigenvalue weighted by Crippen LogP contribution is 2.40. The number of anilines is 1. The Kier molecular flexibility index (Phi) is 6.42. The van der Waals surface area contributed by atoms with Crippen molar-refractivity contribution in [2.45, 2.75) is 18.5 Å². The quantitative estimate of drug-likeness (QED) is 0.446. The molecular weight excluding hydrogens is 454 g/mol. The highest BCUT2D eigenvalue weighted by atomic mass is 16.5. The number of hydrogen-bond donors (Lipinski definition) is 3. The maximum atomic E-state index is 12.7. The minimum Gasteiger partial charge on any atom is -0.457 e. The summed E-state index contributed by atoms with van der Waals surface area (Å²) in [7, 11) is 0. The summed E-state index contributed by atoms with van der Waals surface area (Å²) in [5, 5.41) is 4.71. The van der Waals surface area contributed by atoms with Gasteiger partial charge in [-0.1, -0.05) is 36.9 Å². The highest BCUT2D eigenvalue weighted by molar-refractivity contribution is 5.98. The zero-order chi connectivity index (χ0) is 25.1. The predicted molar refractivity (Wildman–Crippen MR) is 139 cm³/mol. The number of primary amides is 1. The molecule has 2 unspecified atom stereocenters. The molecule has 36 heavy (non-hydrogen) atoms. The first-order chi connectivity index (χ1) is 17.5. The van der Waals surface area contributed by atoms with Gasteiger partial charge in [0.25, 0.3) is 0 Å². The lowest BCUT2D eigenvalue weighted by Crippen LogP contribution is -2.56. The maximum absolute atomic E-state index is 12.7. The molecule has 2 heterocycles. The predicted octanol–water partition coefficient (Wildman–Crippen LogP) is 4.62.